The highest BCUT2D eigenvalue weighted by atomic mass is 31.2. The highest BCUT2D eigenvalue weighted by molar-refractivity contribution is 7.43. The van der Waals surface area contributed by atoms with Crippen LogP contribution in [0.3, 0.4) is 0 Å². The van der Waals surface area contributed by atoms with E-state index >= 15 is 0 Å². The van der Waals surface area contributed by atoms with Crippen LogP contribution in [0.25, 0.3) is 11.0 Å². The van der Waals surface area contributed by atoms with Gasteiger partial charge in [0.2, 0.25) is 5.95 Å². The predicted molar refractivity (Wildman–Crippen MR) is 79.5 cm³/mol. The molecule has 1 aliphatic heterocycles. The molecule has 3 rings (SSSR count). The van der Waals surface area contributed by atoms with Crippen molar-refractivity contribution in [1.29, 1.82) is 0 Å². The first-order valence-corrected chi connectivity index (χ1v) is 8.57. The van der Waals surface area contributed by atoms with Crippen LogP contribution in [0.5, 0.6) is 0 Å². The van der Waals surface area contributed by atoms with E-state index < -0.39 is 32.3 Å². The molecule has 0 bridgehead atoms. The number of quaternary nitrogens is 1. The Balaban J connectivity index is 1.96. The van der Waals surface area contributed by atoms with Crippen LogP contribution in [-0.4, -0.2) is 32.4 Å². The number of nitrogens with zero attached hydrogens (tertiary/aromatic N) is 2. The lowest BCUT2D eigenvalue weighted by molar-refractivity contribution is -0.386. The molecule has 136 valence electrons. The van der Waals surface area contributed by atoms with Gasteiger partial charge in [0, 0.05) is 17.8 Å². The van der Waals surface area contributed by atoms with Crippen LogP contribution in [0.15, 0.2) is 22.8 Å². The van der Waals surface area contributed by atoms with Crippen LogP contribution in [-0.2, 0) is 20.4 Å². The Kier molecular flexibility index (Phi) is 4.41. The molecule has 0 aromatic carbocycles. The van der Waals surface area contributed by atoms with Gasteiger partial charge in [-0.25, -0.2) is 0 Å². The number of anilines is 1. The Morgan fingerprint density at radius 1 is 1.56 bits per heavy atom. The number of aromatic nitrogens is 3. The summed E-state index contributed by atoms with van der Waals surface area (Å²) in [5.41, 5.74) is 9.68. The second kappa shape index (κ2) is 6.26. The van der Waals surface area contributed by atoms with Crippen molar-refractivity contribution in [2.75, 3.05) is 12.3 Å². The molecule has 2 unspecified atom stereocenters. The minimum atomic E-state index is -5.20. The molecule has 0 radical (unpaired) electrons. The van der Waals surface area contributed by atoms with E-state index in [9.17, 15) is 24.3 Å². The molecule has 0 spiro atoms. The standard InChI is InChI=1S/C12H16N5O7P/c13-2-5-3-17(10-9(5)11(19)16-12(14)15-10)8-1-6(18)7(24-8)4-23-25(20,21)22/h1,3,7-8,18H,2,4,13H2,(H2,20,21,22)(H3,14,15,16,19)/p-1. The molecule has 2 atom stereocenters. The molecule has 13 heteroatoms. The van der Waals surface area contributed by atoms with Gasteiger partial charge in [-0.15, -0.1) is 0 Å². The van der Waals surface area contributed by atoms with Crippen molar-refractivity contribution in [3.05, 3.63) is 33.9 Å². The Morgan fingerprint density at radius 2 is 2.28 bits per heavy atom. The smallest absolute Gasteiger partial charge is 0.262 e. The summed E-state index contributed by atoms with van der Waals surface area (Å²) in [7, 11) is -5.20. The van der Waals surface area contributed by atoms with E-state index in [0.29, 0.717) is 12.1 Å². The molecule has 0 aliphatic carbocycles. The molecular formula is C12H15N5O7P-. The fourth-order valence-corrected chi connectivity index (χ4v) is 2.91. The van der Waals surface area contributed by atoms with Gasteiger partial charge in [0.15, 0.2) is 11.9 Å². The minimum Gasteiger partial charge on any atom is -0.790 e. The first-order valence-electron chi connectivity index (χ1n) is 7.11. The zero-order chi connectivity index (χ0) is 18.4. The van der Waals surface area contributed by atoms with Crippen molar-refractivity contribution in [2.45, 2.75) is 18.9 Å². The molecule has 2 aromatic rings. The number of phosphoric acid groups is 1. The molecule has 25 heavy (non-hydrogen) atoms. The number of aliphatic hydroxyl groups is 1. The number of fused-ring (bicyclic) bond motifs is 1. The van der Waals surface area contributed by atoms with Gasteiger partial charge in [-0.2, -0.15) is 4.98 Å². The summed E-state index contributed by atoms with van der Waals surface area (Å²) in [6.45, 7) is -0.372. The summed E-state index contributed by atoms with van der Waals surface area (Å²) in [6, 6.07) is 0. The summed E-state index contributed by atoms with van der Waals surface area (Å²) >= 11 is 0. The normalized spacial score (nSPS) is 21.0. The third-order valence-electron chi connectivity index (χ3n) is 3.65. The van der Waals surface area contributed by atoms with E-state index in [2.05, 4.69) is 20.2 Å². The summed E-state index contributed by atoms with van der Waals surface area (Å²) in [5, 5.41) is 10.2. The van der Waals surface area contributed by atoms with Gasteiger partial charge >= 0.3 is 0 Å². The summed E-state index contributed by atoms with van der Waals surface area (Å²) in [4.78, 5) is 39.7. The molecule has 3 heterocycles. The first-order chi connectivity index (χ1) is 11.7. The molecule has 12 nitrogen and oxygen atoms in total. The van der Waals surface area contributed by atoms with Gasteiger partial charge in [0.05, 0.1) is 19.8 Å². The number of aliphatic hydroxyl groups excluding tert-OH is 1. The molecule has 7 N–H and O–H groups in total. The Bertz CT molecular complexity index is 945. The number of phosphoric ester groups is 1. The number of nitrogens with one attached hydrogen (secondary N) is 1. The van der Waals surface area contributed by atoms with Crippen LogP contribution in [0.4, 0.5) is 5.95 Å². The lowest BCUT2D eigenvalue weighted by Gasteiger charge is -2.29. The number of hydrogen-bond donors (Lipinski definition) is 4. The quantitative estimate of drug-likeness (QED) is 0.400. The maximum Gasteiger partial charge on any atom is 0.262 e. The second-order valence-corrected chi connectivity index (χ2v) is 6.46. The average molecular weight is 372 g/mol. The highest BCUT2D eigenvalue weighted by Gasteiger charge is 2.30. The largest absolute Gasteiger partial charge is 0.790 e. The zero-order valence-electron chi connectivity index (χ0n) is 12.7. The number of hydrogen-bond acceptors (Lipinski definition) is 9. The zero-order valence-corrected chi connectivity index (χ0v) is 13.6. The summed E-state index contributed by atoms with van der Waals surface area (Å²) in [6.07, 6.45) is 0.798. The van der Waals surface area contributed by atoms with Crippen molar-refractivity contribution in [2.24, 2.45) is 0 Å². The first kappa shape index (κ1) is 17.6. The van der Waals surface area contributed by atoms with Crippen molar-refractivity contribution in [3.63, 3.8) is 0 Å². The van der Waals surface area contributed by atoms with Gasteiger partial charge in [0.1, 0.15) is 18.4 Å². The fourth-order valence-electron chi connectivity index (χ4n) is 2.59. The van der Waals surface area contributed by atoms with E-state index in [1.54, 1.807) is 6.20 Å². The lowest BCUT2D eigenvalue weighted by Crippen LogP contribution is -2.47. The van der Waals surface area contributed by atoms with Gasteiger partial charge < -0.3 is 44.8 Å². The maximum absolute atomic E-state index is 12.1. The molecule has 0 saturated heterocycles. The number of H-pyrrole nitrogens is 1. The third-order valence-corrected chi connectivity index (χ3v) is 4.12. The van der Waals surface area contributed by atoms with Crippen LogP contribution < -0.4 is 26.8 Å². The van der Waals surface area contributed by atoms with Gasteiger partial charge in [-0.05, 0) is 0 Å². The Labute approximate surface area is 139 Å². The number of ether oxygens (including phenoxy) is 1. The van der Waals surface area contributed by atoms with Gasteiger partial charge in [-0.3, -0.25) is 9.78 Å². The van der Waals surface area contributed by atoms with Crippen LogP contribution >= 0.6 is 7.82 Å². The lowest BCUT2D eigenvalue weighted by atomic mass is 10.2. The third kappa shape index (κ3) is 3.44. The van der Waals surface area contributed by atoms with E-state index in [-0.39, 0.29) is 22.7 Å². The van der Waals surface area contributed by atoms with Crippen molar-refractivity contribution < 1.29 is 34.5 Å². The van der Waals surface area contributed by atoms with Gasteiger partial charge in [-0.1, -0.05) is 0 Å². The monoisotopic (exact) mass is 372 g/mol. The Morgan fingerprint density at radius 3 is 2.92 bits per heavy atom. The van der Waals surface area contributed by atoms with E-state index in [0.717, 1.165) is 0 Å². The molecule has 0 saturated carbocycles. The number of nitrogen functional groups attached to an aromatic ring is 1. The fraction of sp³-hybridized carbons (Fsp3) is 0.333. The summed E-state index contributed by atoms with van der Waals surface area (Å²) < 4.78 is 21.6. The van der Waals surface area contributed by atoms with Crippen molar-refractivity contribution >= 4 is 24.8 Å². The second-order valence-electron chi connectivity index (χ2n) is 5.31. The van der Waals surface area contributed by atoms with E-state index in [1.807, 2.05) is 0 Å². The molecule has 0 amide bonds. The average Bonchev–Trinajstić information content (AvgIpc) is 3.04. The Hall–Kier alpha value is -2.21. The van der Waals surface area contributed by atoms with E-state index in [4.69, 9.17) is 10.5 Å². The topological polar surface area (TPSA) is 206 Å². The van der Waals surface area contributed by atoms with Gasteiger partial charge in [0.25, 0.3) is 5.56 Å². The predicted octanol–water partition coefficient (Wildman–Crippen LogP) is -2.77. The SMILES string of the molecule is Nc1nc2c(c(C[NH3+])cn2C2C=C(O)C(COP(=O)([O-])[O-])O2)c(=O)[nH]1. The van der Waals surface area contributed by atoms with Crippen LogP contribution in [0, 0.1) is 0 Å². The van der Waals surface area contributed by atoms with Crippen LogP contribution in [0.1, 0.15) is 11.8 Å². The molecule has 0 fully saturated rings. The number of aromatic amines is 1. The molecule has 1 aliphatic rings. The molecular weight excluding hydrogens is 357 g/mol. The molecule has 2 aromatic heterocycles. The maximum atomic E-state index is 12.1. The highest BCUT2D eigenvalue weighted by Crippen LogP contribution is 2.32. The van der Waals surface area contributed by atoms with Crippen molar-refractivity contribution in [1.82, 2.24) is 14.5 Å². The summed E-state index contributed by atoms with van der Waals surface area (Å²) in [5.74, 6) is -0.411. The van der Waals surface area contributed by atoms with Crippen molar-refractivity contribution in [3.8, 4) is 0 Å². The van der Waals surface area contributed by atoms with E-state index in [1.165, 1.54) is 10.6 Å². The number of rotatable bonds is 5. The van der Waals surface area contributed by atoms with Crippen LogP contribution in [0.2, 0.25) is 0 Å². The number of nitrogens with two attached hydrogens (primary N) is 1. The minimum absolute atomic E-state index is 0.0998.